The van der Waals surface area contributed by atoms with Crippen molar-refractivity contribution in [2.45, 2.75) is 6.92 Å². The number of fused-ring (bicyclic) bond motifs is 1. The van der Waals surface area contributed by atoms with E-state index in [-0.39, 0.29) is 5.91 Å². The van der Waals surface area contributed by atoms with Crippen molar-refractivity contribution in [1.29, 1.82) is 0 Å². The van der Waals surface area contributed by atoms with E-state index in [0.29, 0.717) is 5.56 Å². The third-order valence-electron chi connectivity index (χ3n) is 1.84. The Bertz CT molecular complexity index is 369. The molecule has 0 fully saturated rings. The van der Waals surface area contributed by atoms with Crippen molar-refractivity contribution >= 4 is 11.6 Å². The number of hydrogen-bond donors (Lipinski definition) is 0. The van der Waals surface area contributed by atoms with E-state index in [4.69, 9.17) is 0 Å². The minimum absolute atomic E-state index is 0.254. The number of benzene rings is 1. The largest absolute Gasteiger partial charge is 0.296 e. The zero-order valence-electron chi connectivity index (χ0n) is 6.61. The van der Waals surface area contributed by atoms with Gasteiger partial charge in [-0.2, -0.15) is 5.10 Å². The van der Waals surface area contributed by atoms with E-state index >= 15 is 0 Å². The number of rotatable bonds is 0. The first-order valence-electron chi connectivity index (χ1n) is 3.68. The normalized spacial score (nSPS) is 14.8. The summed E-state index contributed by atoms with van der Waals surface area (Å²) in [4.78, 5) is 11.2. The van der Waals surface area contributed by atoms with Gasteiger partial charge in [0, 0.05) is 5.56 Å². The fourth-order valence-electron chi connectivity index (χ4n) is 1.21. The summed E-state index contributed by atoms with van der Waals surface area (Å²) in [6.45, 7) is 1.84. The number of hydrogen-bond acceptors (Lipinski definition) is 2. The van der Waals surface area contributed by atoms with Crippen LogP contribution < -0.4 is 5.43 Å². The second-order valence-electron chi connectivity index (χ2n) is 2.64. The zero-order valence-corrected chi connectivity index (χ0v) is 6.61. The zero-order chi connectivity index (χ0) is 8.55. The Morgan fingerprint density at radius 1 is 1.17 bits per heavy atom. The van der Waals surface area contributed by atoms with Gasteiger partial charge in [0.2, 0.25) is 0 Å². The van der Waals surface area contributed by atoms with E-state index < -0.39 is 0 Å². The van der Waals surface area contributed by atoms with E-state index in [1.54, 1.807) is 6.07 Å². The van der Waals surface area contributed by atoms with Gasteiger partial charge in [-0.1, -0.05) is 18.2 Å². The molecule has 1 aromatic carbocycles. The molecule has 1 heterocycles. The van der Waals surface area contributed by atoms with Crippen LogP contribution in [-0.2, 0) is 0 Å². The SMILES string of the molecule is CC1=N[N]C(=O)c2ccccc21. The van der Waals surface area contributed by atoms with Crippen LogP contribution in [0.1, 0.15) is 22.8 Å². The van der Waals surface area contributed by atoms with Gasteiger partial charge in [-0.25, -0.2) is 0 Å². The second-order valence-corrected chi connectivity index (χ2v) is 2.64. The van der Waals surface area contributed by atoms with Crippen LogP contribution in [0.15, 0.2) is 29.4 Å². The van der Waals surface area contributed by atoms with Crippen LogP contribution in [0, 0.1) is 0 Å². The summed E-state index contributed by atoms with van der Waals surface area (Å²) in [6.07, 6.45) is 0. The Balaban J connectivity index is 2.66. The third kappa shape index (κ3) is 0.906. The molecule has 0 aromatic heterocycles. The van der Waals surface area contributed by atoms with Crippen LogP contribution >= 0.6 is 0 Å². The molecule has 0 N–H and O–H groups in total. The fraction of sp³-hybridized carbons (Fsp3) is 0.111. The van der Waals surface area contributed by atoms with Crippen LogP contribution in [-0.4, -0.2) is 11.6 Å². The maximum Gasteiger partial charge on any atom is 0.296 e. The van der Waals surface area contributed by atoms with E-state index in [0.717, 1.165) is 11.3 Å². The van der Waals surface area contributed by atoms with Crippen molar-refractivity contribution in [3.05, 3.63) is 35.4 Å². The standard InChI is InChI=1S/C9H7N2O/c1-6-7-4-2-3-5-8(7)9(12)11-10-6/h2-5H,1H3. The molecule has 0 bridgehead atoms. The van der Waals surface area contributed by atoms with Crippen molar-refractivity contribution < 1.29 is 4.79 Å². The van der Waals surface area contributed by atoms with Crippen LogP contribution in [0.5, 0.6) is 0 Å². The molecule has 0 saturated carbocycles. The maximum atomic E-state index is 11.2. The minimum Gasteiger partial charge on any atom is -0.265 e. The average molecular weight is 159 g/mol. The number of nitrogens with zero attached hydrogens (tertiary/aromatic N) is 2. The van der Waals surface area contributed by atoms with Crippen LogP contribution in [0.25, 0.3) is 0 Å². The summed E-state index contributed by atoms with van der Waals surface area (Å²) in [5.74, 6) is -0.254. The summed E-state index contributed by atoms with van der Waals surface area (Å²) >= 11 is 0. The predicted octanol–water partition coefficient (Wildman–Crippen LogP) is 1.17. The highest BCUT2D eigenvalue weighted by Gasteiger charge is 2.17. The highest BCUT2D eigenvalue weighted by atomic mass is 16.2. The van der Waals surface area contributed by atoms with E-state index in [9.17, 15) is 4.79 Å². The van der Waals surface area contributed by atoms with Gasteiger partial charge >= 0.3 is 0 Å². The lowest BCUT2D eigenvalue weighted by molar-refractivity contribution is 0.0947. The summed E-state index contributed by atoms with van der Waals surface area (Å²) in [5, 5.41) is 3.74. The molecule has 0 saturated heterocycles. The number of carbonyl (C=O) groups excluding carboxylic acids is 1. The molecule has 2 rings (SSSR count). The molecule has 0 unspecified atom stereocenters. The van der Waals surface area contributed by atoms with Crippen LogP contribution in [0.4, 0.5) is 0 Å². The lowest BCUT2D eigenvalue weighted by atomic mass is 10.0. The quantitative estimate of drug-likeness (QED) is 0.560. The molecule has 3 heteroatoms. The Hall–Kier alpha value is -1.64. The molecular formula is C9H7N2O. The first-order valence-corrected chi connectivity index (χ1v) is 3.68. The van der Waals surface area contributed by atoms with Crippen molar-refractivity contribution in [2.24, 2.45) is 5.10 Å². The van der Waals surface area contributed by atoms with E-state index in [1.165, 1.54) is 0 Å². The third-order valence-corrected chi connectivity index (χ3v) is 1.84. The Morgan fingerprint density at radius 2 is 1.83 bits per heavy atom. The highest BCUT2D eigenvalue weighted by Crippen LogP contribution is 2.13. The van der Waals surface area contributed by atoms with Gasteiger partial charge in [0.05, 0.1) is 11.3 Å². The predicted molar refractivity (Wildman–Crippen MR) is 45.1 cm³/mol. The van der Waals surface area contributed by atoms with Crippen molar-refractivity contribution in [3.63, 3.8) is 0 Å². The van der Waals surface area contributed by atoms with E-state index in [2.05, 4.69) is 10.5 Å². The summed E-state index contributed by atoms with van der Waals surface area (Å²) in [5.41, 5.74) is 5.83. The monoisotopic (exact) mass is 159 g/mol. The molecule has 0 atom stereocenters. The summed E-state index contributed by atoms with van der Waals surface area (Å²) < 4.78 is 0. The van der Waals surface area contributed by atoms with Gasteiger partial charge < -0.3 is 0 Å². The molecule has 1 aliphatic rings. The van der Waals surface area contributed by atoms with Crippen molar-refractivity contribution in [1.82, 2.24) is 5.43 Å². The minimum atomic E-state index is -0.254. The Labute approximate surface area is 70.1 Å². The first-order chi connectivity index (χ1) is 5.79. The molecule has 3 nitrogen and oxygen atoms in total. The molecule has 1 aliphatic heterocycles. The van der Waals surface area contributed by atoms with Gasteiger partial charge in [-0.3, -0.25) is 4.79 Å². The number of amides is 1. The lowest BCUT2D eigenvalue weighted by Gasteiger charge is -2.10. The van der Waals surface area contributed by atoms with Crippen LogP contribution in [0.3, 0.4) is 0 Å². The van der Waals surface area contributed by atoms with Crippen molar-refractivity contribution in [2.75, 3.05) is 0 Å². The van der Waals surface area contributed by atoms with Crippen molar-refractivity contribution in [3.8, 4) is 0 Å². The van der Waals surface area contributed by atoms with Gasteiger partial charge in [-0.15, -0.1) is 5.43 Å². The van der Waals surface area contributed by atoms with Gasteiger partial charge in [0.1, 0.15) is 0 Å². The Morgan fingerprint density at radius 3 is 2.50 bits per heavy atom. The second kappa shape index (κ2) is 2.44. The fourth-order valence-corrected chi connectivity index (χ4v) is 1.21. The molecule has 1 radical (unpaired) electrons. The lowest BCUT2D eigenvalue weighted by Crippen LogP contribution is -2.21. The topological polar surface area (TPSA) is 43.5 Å². The molecule has 59 valence electrons. The Kier molecular flexibility index (Phi) is 1.43. The molecular weight excluding hydrogens is 152 g/mol. The van der Waals surface area contributed by atoms with Gasteiger partial charge in [-0.05, 0) is 13.0 Å². The molecule has 1 amide bonds. The summed E-state index contributed by atoms with van der Waals surface area (Å²) in [6, 6.07) is 7.35. The summed E-state index contributed by atoms with van der Waals surface area (Å²) in [7, 11) is 0. The average Bonchev–Trinajstić information content (AvgIpc) is 2.12. The number of carbonyl (C=O) groups is 1. The molecule has 12 heavy (non-hydrogen) atoms. The first kappa shape index (κ1) is 7.03. The smallest absolute Gasteiger partial charge is 0.265 e. The molecule has 0 aliphatic carbocycles. The maximum absolute atomic E-state index is 11.2. The van der Waals surface area contributed by atoms with Crippen LogP contribution in [0.2, 0.25) is 0 Å². The molecule has 1 aromatic rings. The molecule has 0 spiro atoms. The van der Waals surface area contributed by atoms with Gasteiger partial charge in [0.25, 0.3) is 5.91 Å². The highest BCUT2D eigenvalue weighted by molar-refractivity contribution is 6.12. The van der Waals surface area contributed by atoms with E-state index in [1.807, 2.05) is 25.1 Å². The van der Waals surface area contributed by atoms with Gasteiger partial charge in [0.15, 0.2) is 0 Å².